The molecule has 2 heterocycles. The van der Waals surface area contributed by atoms with E-state index in [4.69, 9.17) is 9.47 Å². The molecule has 0 aliphatic carbocycles. The van der Waals surface area contributed by atoms with Crippen molar-refractivity contribution in [3.63, 3.8) is 0 Å². The summed E-state index contributed by atoms with van der Waals surface area (Å²) in [6.07, 6.45) is 5.29. The Morgan fingerprint density at radius 2 is 1.84 bits per heavy atom. The predicted octanol–water partition coefficient (Wildman–Crippen LogP) is 5.59. The van der Waals surface area contributed by atoms with Gasteiger partial charge in [0.15, 0.2) is 0 Å². The van der Waals surface area contributed by atoms with Gasteiger partial charge < -0.3 is 19.5 Å². The summed E-state index contributed by atoms with van der Waals surface area (Å²) in [5.74, 6) is -0.189. The molecule has 1 aromatic heterocycles. The Morgan fingerprint density at radius 3 is 2.49 bits per heavy atom. The number of aromatic nitrogens is 1. The number of unbranched alkanes of at least 4 members (excludes halogenated alkanes) is 1. The third-order valence-electron chi connectivity index (χ3n) is 6.33. The number of likely N-dealkylation sites (tertiary alicyclic amines) is 1. The average Bonchev–Trinajstić information content (AvgIpc) is 3.15. The zero-order chi connectivity index (χ0) is 26.4. The summed E-state index contributed by atoms with van der Waals surface area (Å²) in [7, 11) is 0. The lowest BCUT2D eigenvalue weighted by Crippen LogP contribution is -2.29. The number of pyridine rings is 1. The standard InChI is InChI=1S/C30H32N2O5/c1-4-6-16-37-25-14-11-23(17-20(25)3)28(33)26-27(22-9-12-24(13-10-22)36-5-2)32(30(35)29(26)34)19-21-8-7-15-31-18-21/h7-15,17-18,27,33H,4-6,16,19H2,1-3H3/t27-/m0/s1. The van der Waals surface area contributed by atoms with E-state index in [9.17, 15) is 14.7 Å². The van der Waals surface area contributed by atoms with Crippen molar-refractivity contribution in [3.05, 3.63) is 94.8 Å². The second-order valence-electron chi connectivity index (χ2n) is 8.97. The molecule has 0 spiro atoms. The molecule has 1 saturated heterocycles. The Morgan fingerprint density at radius 1 is 1.05 bits per heavy atom. The first-order valence-corrected chi connectivity index (χ1v) is 12.6. The van der Waals surface area contributed by atoms with Gasteiger partial charge in [-0.1, -0.05) is 31.5 Å². The van der Waals surface area contributed by atoms with Crippen molar-refractivity contribution in [1.82, 2.24) is 9.88 Å². The second-order valence-corrected chi connectivity index (χ2v) is 8.97. The molecule has 4 rings (SSSR count). The Kier molecular flexibility index (Phi) is 8.23. The summed E-state index contributed by atoms with van der Waals surface area (Å²) in [6, 6.07) is 15.4. The molecule has 1 aliphatic heterocycles. The number of rotatable bonds is 10. The molecule has 1 aliphatic rings. The van der Waals surface area contributed by atoms with Crippen LogP contribution in [0.15, 0.2) is 72.6 Å². The molecule has 37 heavy (non-hydrogen) atoms. The van der Waals surface area contributed by atoms with Gasteiger partial charge in [0.05, 0.1) is 24.8 Å². The van der Waals surface area contributed by atoms with Gasteiger partial charge >= 0.3 is 0 Å². The number of Topliss-reactive ketones (excluding diaryl/α,β-unsaturated/α-hetero) is 1. The SMILES string of the molecule is CCCCOc1ccc(C(O)=C2C(=O)C(=O)N(Cc3cccnc3)[C@H]2c2ccc(OCC)cc2)cc1C. The zero-order valence-corrected chi connectivity index (χ0v) is 21.4. The van der Waals surface area contributed by atoms with Gasteiger partial charge in [-0.05, 0) is 73.4 Å². The van der Waals surface area contributed by atoms with Crippen molar-refractivity contribution < 1.29 is 24.2 Å². The highest BCUT2D eigenvalue weighted by Crippen LogP contribution is 2.41. The van der Waals surface area contributed by atoms with E-state index in [0.717, 1.165) is 29.7 Å². The van der Waals surface area contributed by atoms with Gasteiger partial charge in [0.2, 0.25) is 0 Å². The third-order valence-corrected chi connectivity index (χ3v) is 6.33. The number of aryl methyl sites for hydroxylation is 1. The van der Waals surface area contributed by atoms with Crippen molar-refractivity contribution in [2.75, 3.05) is 13.2 Å². The van der Waals surface area contributed by atoms with Crippen LogP contribution < -0.4 is 9.47 Å². The summed E-state index contributed by atoms with van der Waals surface area (Å²) in [5, 5.41) is 11.4. The maximum absolute atomic E-state index is 13.3. The molecular formula is C30H32N2O5. The fourth-order valence-electron chi connectivity index (χ4n) is 4.43. The highest BCUT2D eigenvalue weighted by molar-refractivity contribution is 6.46. The lowest BCUT2D eigenvalue weighted by Gasteiger charge is -2.25. The summed E-state index contributed by atoms with van der Waals surface area (Å²) in [5.41, 5.74) is 2.82. The molecule has 1 amide bonds. The van der Waals surface area contributed by atoms with Crippen LogP contribution in [0, 0.1) is 6.92 Å². The number of hydrogen-bond acceptors (Lipinski definition) is 6. The number of benzene rings is 2. The van der Waals surface area contributed by atoms with Gasteiger partial charge in [0, 0.05) is 24.5 Å². The smallest absolute Gasteiger partial charge is 0.295 e. The molecule has 0 bridgehead atoms. The Balaban J connectivity index is 1.77. The van der Waals surface area contributed by atoms with Crippen LogP contribution in [0.1, 0.15) is 55.0 Å². The Bertz CT molecular complexity index is 1290. The van der Waals surface area contributed by atoms with Gasteiger partial charge in [0.1, 0.15) is 17.3 Å². The summed E-state index contributed by atoms with van der Waals surface area (Å²) >= 11 is 0. The van der Waals surface area contributed by atoms with Gasteiger partial charge in [-0.25, -0.2) is 0 Å². The number of hydrogen-bond donors (Lipinski definition) is 1. The minimum absolute atomic E-state index is 0.0529. The van der Waals surface area contributed by atoms with E-state index in [2.05, 4.69) is 11.9 Å². The fraction of sp³-hybridized carbons (Fsp3) is 0.300. The number of carbonyl (C=O) groups is 2. The van der Waals surface area contributed by atoms with E-state index in [1.54, 1.807) is 48.8 Å². The molecule has 1 N–H and O–H groups in total. The van der Waals surface area contributed by atoms with E-state index in [1.165, 1.54) is 4.90 Å². The molecule has 0 unspecified atom stereocenters. The van der Waals surface area contributed by atoms with E-state index >= 15 is 0 Å². The van der Waals surface area contributed by atoms with Gasteiger partial charge in [0.25, 0.3) is 11.7 Å². The van der Waals surface area contributed by atoms with Crippen LogP contribution >= 0.6 is 0 Å². The highest BCUT2D eigenvalue weighted by atomic mass is 16.5. The Hall–Kier alpha value is -4.13. The highest BCUT2D eigenvalue weighted by Gasteiger charge is 2.46. The maximum Gasteiger partial charge on any atom is 0.295 e. The van der Waals surface area contributed by atoms with Crippen LogP contribution in [0.25, 0.3) is 5.76 Å². The summed E-state index contributed by atoms with van der Waals surface area (Å²) < 4.78 is 11.4. The quantitative estimate of drug-likeness (QED) is 0.169. The van der Waals surface area contributed by atoms with Crippen LogP contribution in [-0.2, 0) is 16.1 Å². The first-order chi connectivity index (χ1) is 17.9. The van der Waals surface area contributed by atoms with Crippen LogP contribution in [0.4, 0.5) is 0 Å². The van der Waals surface area contributed by atoms with E-state index < -0.39 is 17.7 Å². The normalized spacial score (nSPS) is 16.7. The average molecular weight is 501 g/mol. The number of aliphatic hydroxyl groups excluding tert-OH is 1. The first-order valence-electron chi connectivity index (χ1n) is 12.6. The van der Waals surface area contributed by atoms with Crippen molar-refractivity contribution in [2.45, 2.75) is 46.2 Å². The maximum atomic E-state index is 13.3. The molecule has 7 heteroatoms. The molecular weight excluding hydrogens is 468 g/mol. The lowest BCUT2D eigenvalue weighted by molar-refractivity contribution is -0.140. The molecule has 192 valence electrons. The molecule has 1 atom stereocenters. The number of amides is 1. The first kappa shape index (κ1) is 25.9. The van der Waals surface area contributed by atoms with Crippen molar-refractivity contribution in [3.8, 4) is 11.5 Å². The van der Waals surface area contributed by atoms with Crippen molar-refractivity contribution in [2.24, 2.45) is 0 Å². The number of ketones is 1. The monoisotopic (exact) mass is 500 g/mol. The minimum atomic E-state index is -0.767. The molecule has 3 aromatic rings. The predicted molar refractivity (Wildman–Crippen MR) is 141 cm³/mol. The fourth-order valence-corrected chi connectivity index (χ4v) is 4.43. The number of aliphatic hydroxyl groups is 1. The number of nitrogens with zero attached hydrogens (tertiary/aromatic N) is 2. The molecule has 1 fully saturated rings. The molecule has 2 aromatic carbocycles. The van der Waals surface area contributed by atoms with E-state index in [-0.39, 0.29) is 17.9 Å². The van der Waals surface area contributed by atoms with Crippen LogP contribution in [0.3, 0.4) is 0 Å². The lowest BCUT2D eigenvalue weighted by atomic mass is 9.94. The van der Waals surface area contributed by atoms with Gasteiger partial charge in [-0.3, -0.25) is 14.6 Å². The topological polar surface area (TPSA) is 89.0 Å². The van der Waals surface area contributed by atoms with Crippen molar-refractivity contribution in [1.29, 1.82) is 0 Å². The van der Waals surface area contributed by atoms with Gasteiger partial charge in [-0.15, -0.1) is 0 Å². The summed E-state index contributed by atoms with van der Waals surface area (Å²) in [6.45, 7) is 7.20. The second kappa shape index (κ2) is 11.7. The largest absolute Gasteiger partial charge is 0.507 e. The van der Waals surface area contributed by atoms with Crippen LogP contribution in [-0.4, -0.2) is 39.9 Å². The molecule has 0 saturated carbocycles. The summed E-state index contributed by atoms with van der Waals surface area (Å²) in [4.78, 5) is 32.2. The molecule has 0 radical (unpaired) electrons. The molecule has 7 nitrogen and oxygen atoms in total. The number of ether oxygens (including phenoxy) is 2. The van der Waals surface area contributed by atoms with E-state index in [0.29, 0.717) is 30.1 Å². The van der Waals surface area contributed by atoms with Crippen molar-refractivity contribution >= 4 is 17.4 Å². The van der Waals surface area contributed by atoms with Gasteiger partial charge in [-0.2, -0.15) is 0 Å². The number of carbonyl (C=O) groups excluding carboxylic acids is 2. The van der Waals surface area contributed by atoms with E-state index in [1.807, 2.05) is 32.0 Å². The minimum Gasteiger partial charge on any atom is -0.507 e. The Labute approximate surface area is 217 Å². The third kappa shape index (κ3) is 5.66. The zero-order valence-electron chi connectivity index (χ0n) is 21.4. The van der Waals surface area contributed by atoms with Crippen LogP contribution in [0.5, 0.6) is 11.5 Å². The van der Waals surface area contributed by atoms with Crippen LogP contribution in [0.2, 0.25) is 0 Å².